The third kappa shape index (κ3) is 3.24. The molecule has 1 N–H and O–H groups in total. The molecule has 5 rings (SSSR count). The van der Waals surface area contributed by atoms with E-state index in [4.69, 9.17) is 9.72 Å². The number of hydrogen-bond acceptors (Lipinski definition) is 5. The molecule has 4 heterocycles. The SMILES string of the molecule is COc1ccc([C@H]2[C@@H]3CN(Cc4cc(=O)n5[nH]c(C)cc5n4)C[C@@H]3CN2C)cc1. The topological polar surface area (TPSA) is 65.9 Å². The Balaban J connectivity index is 1.34. The maximum atomic E-state index is 12.4. The summed E-state index contributed by atoms with van der Waals surface area (Å²) in [7, 11) is 3.93. The molecule has 0 amide bonds. The first kappa shape index (κ1) is 18.4. The van der Waals surface area contributed by atoms with E-state index in [-0.39, 0.29) is 5.56 Å². The van der Waals surface area contributed by atoms with Crippen LogP contribution in [0, 0.1) is 18.8 Å². The zero-order valence-electron chi connectivity index (χ0n) is 17.1. The highest BCUT2D eigenvalue weighted by atomic mass is 16.5. The number of aryl methyl sites for hydroxylation is 1. The molecular weight excluding hydrogens is 366 g/mol. The van der Waals surface area contributed by atoms with Gasteiger partial charge < -0.3 is 4.74 Å². The highest BCUT2D eigenvalue weighted by molar-refractivity contribution is 5.39. The molecule has 3 aromatic rings. The van der Waals surface area contributed by atoms with Crippen LogP contribution < -0.4 is 10.3 Å². The molecule has 0 bridgehead atoms. The first-order chi connectivity index (χ1) is 14.0. The minimum atomic E-state index is -0.0478. The first-order valence-corrected chi connectivity index (χ1v) is 10.2. The second-order valence-electron chi connectivity index (χ2n) is 8.49. The first-order valence-electron chi connectivity index (χ1n) is 10.2. The van der Waals surface area contributed by atoms with Crippen molar-refractivity contribution < 1.29 is 4.74 Å². The number of benzene rings is 1. The molecule has 3 atom stereocenters. The van der Waals surface area contributed by atoms with Gasteiger partial charge in [0, 0.05) is 50.0 Å². The van der Waals surface area contributed by atoms with E-state index in [2.05, 4.69) is 46.2 Å². The summed E-state index contributed by atoms with van der Waals surface area (Å²) in [5, 5.41) is 3.03. The number of H-pyrrole nitrogens is 1. The standard InChI is InChI=1S/C22H27N5O2/c1-14-8-20-23-17(9-21(28)27(20)24-14)12-26-11-16-10-25(2)22(19(16)13-26)15-4-6-18(29-3)7-5-15/h4-9,16,19,22,24H,10-13H2,1-3H3/t16-,19+,22-/m0/s1. The number of rotatable bonds is 4. The van der Waals surface area contributed by atoms with Gasteiger partial charge in [-0.25, -0.2) is 9.50 Å². The van der Waals surface area contributed by atoms with Gasteiger partial charge >= 0.3 is 0 Å². The molecule has 1 aromatic carbocycles. The molecule has 7 heteroatoms. The van der Waals surface area contributed by atoms with Crippen molar-refractivity contribution >= 4 is 5.65 Å². The van der Waals surface area contributed by atoms with E-state index in [1.807, 2.05) is 13.0 Å². The van der Waals surface area contributed by atoms with Gasteiger partial charge in [0.2, 0.25) is 0 Å². The van der Waals surface area contributed by atoms with Crippen LogP contribution in [0.25, 0.3) is 5.65 Å². The number of aromatic amines is 1. The second kappa shape index (κ2) is 7.00. The summed E-state index contributed by atoms with van der Waals surface area (Å²) < 4.78 is 6.82. The normalized spacial score (nSPS) is 25.0. The molecule has 29 heavy (non-hydrogen) atoms. The van der Waals surface area contributed by atoms with E-state index in [1.165, 1.54) is 10.1 Å². The lowest BCUT2D eigenvalue weighted by molar-refractivity contribution is 0.223. The Labute approximate surface area is 169 Å². The zero-order valence-corrected chi connectivity index (χ0v) is 17.1. The van der Waals surface area contributed by atoms with Crippen LogP contribution in [0.1, 0.15) is 23.0 Å². The third-order valence-corrected chi connectivity index (χ3v) is 6.44. The van der Waals surface area contributed by atoms with Crippen LogP contribution in [0.15, 0.2) is 41.2 Å². The molecule has 0 spiro atoms. The molecule has 2 aliphatic rings. The van der Waals surface area contributed by atoms with E-state index in [0.717, 1.165) is 43.3 Å². The number of aromatic nitrogens is 3. The van der Waals surface area contributed by atoms with Crippen LogP contribution in [0.4, 0.5) is 0 Å². The van der Waals surface area contributed by atoms with Gasteiger partial charge in [-0.1, -0.05) is 12.1 Å². The fourth-order valence-electron chi connectivity index (χ4n) is 5.25. The highest BCUT2D eigenvalue weighted by Gasteiger charge is 2.46. The number of nitrogens with zero attached hydrogens (tertiary/aromatic N) is 4. The number of hydrogen-bond donors (Lipinski definition) is 1. The Hall–Kier alpha value is -2.64. The van der Waals surface area contributed by atoms with Crippen LogP contribution >= 0.6 is 0 Å². The van der Waals surface area contributed by atoms with Crippen molar-refractivity contribution in [3.8, 4) is 5.75 Å². The fraction of sp³-hybridized carbons (Fsp3) is 0.455. The summed E-state index contributed by atoms with van der Waals surface area (Å²) in [6.45, 7) is 5.84. The van der Waals surface area contributed by atoms with Crippen LogP contribution in [-0.2, 0) is 6.54 Å². The molecular formula is C22H27N5O2. The van der Waals surface area contributed by atoms with E-state index in [9.17, 15) is 4.79 Å². The summed E-state index contributed by atoms with van der Waals surface area (Å²) in [6, 6.07) is 12.5. The van der Waals surface area contributed by atoms with Crippen molar-refractivity contribution in [2.24, 2.45) is 11.8 Å². The fourth-order valence-corrected chi connectivity index (χ4v) is 5.25. The van der Waals surface area contributed by atoms with Crippen molar-refractivity contribution in [1.82, 2.24) is 24.4 Å². The van der Waals surface area contributed by atoms with Gasteiger partial charge in [-0.3, -0.25) is 19.7 Å². The average molecular weight is 393 g/mol. The monoisotopic (exact) mass is 393 g/mol. The molecule has 152 valence electrons. The van der Waals surface area contributed by atoms with Crippen LogP contribution in [0.3, 0.4) is 0 Å². The zero-order chi connectivity index (χ0) is 20.1. The van der Waals surface area contributed by atoms with E-state index < -0.39 is 0 Å². The van der Waals surface area contributed by atoms with E-state index >= 15 is 0 Å². The molecule has 2 fully saturated rings. The second-order valence-corrected chi connectivity index (χ2v) is 8.49. The average Bonchev–Trinajstić information content (AvgIpc) is 3.33. The Morgan fingerprint density at radius 2 is 1.97 bits per heavy atom. The molecule has 0 aliphatic carbocycles. The number of methoxy groups -OCH3 is 1. The lowest BCUT2D eigenvalue weighted by Gasteiger charge is -2.27. The number of likely N-dealkylation sites (tertiary alicyclic amines) is 2. The summed E-state index contributed by atoms with van der Waals surface area (Å²) >= 11 is 0. The van der Waals surface area contributed by atoms with E-state index in [0.29, 0.717) is 23.5 Å². The van der Waals surface area contributed by atoms with Gasteiger partial charge in [0.05, 0.1) is 12.8 Å². The minimum absolute atomic E-state index is 0.0478. The predicted molar refractivity (Wildman–Crippen MR) is 111 cm³/mol. The smallest absolute Gasteiger partial charge is 0.272 e. The molecule has 2 aromatic heterocycles. The summed E-state index contributed by atoms with van der Waals surface area (Å²) in [5.41, 5.74) is 3.79. The molecule has 2 aliphatic heterocycles. The van der Waals surface area contributed by atoms with Gasteiger partial charge in [0.25, 0.3) is 5.56 Å². The van der Waals surface area contributed by atoms with Gasteiger partial charge in [0.1, 0.15) is 5.75 Å². The van der Waals surface area contributed by atoms with Crippen LogP contribution in [0.5, 0.6) is 5.75 Å². The summed E-state index contributed by atoms with van der Waals surface area (Å²) in [4.78, 5) is 22.0. The van der Waals surface area contributed by atoms with Crippen molar-refractivity contribution in [1.29, 1.82) is 0 Å². The van der Waals surface area contributed by atoms with Crippen LogP contribution in [0.2, 0.25) is 0 Å². The Kier molecular flexibility index (Phi) is 4.44. The Morgan fingerprint density at radius 1 is 1.17 bits per heavy atom. The number of nitrogens with one attached hydrogen (secondary N) is 1. The van der Waals surface area contributed by atoms with Gasteiger partial charge in [-0.05, 0) is 43.5 Å². The molecule has 2 saturated heterocycles. The minimum Gasteiger partial charge on any atom is -0.497 e. The van der Waals surface area contributed by atoms with E-state index in [1.54, 1.807) is 13.2 Å². The summed E-state index contributed by atoms with van der Waals surface area (Å²) in [6.07, 6.45) is 0. The maximum Gasteiger partial charge on any atom is 0.272 e. The molecule has 0 unspecified atom stereocenters. The highest BCUT2D eigenvalue weighted by Crippen LogP contribution is 2.44. The maximum absolute atomic E-state index is 12.4. The molecule has 0 saturated carbocycles. The number of ether oxygens (including phenoxy) is 1. The van der Waals surface area contributed by atoms with Gasteiger partial charge in [-0.2, -0.15) is 0 Å². The van der Waals surface area contributed by atoms with Crippen LogP contribution in [-0.4, -0.2) is 58.2 Å². The number of fused-ring (bicyclic) bond motifs is 2. The van der Waals surface area contributed by atoms with Gasteiger partial charge in [0.15, 0.2) is 5.65 Å². The molecule has 7 nitrogen and oxygen atoms in total. The third-order valence-electron chi connectivity index (χ3n) is 6.44. The summed E-state index contributed by atoms with van der Waals surface area (Å²) in [5.74, 6) is 2.13. The van der Waals surface area contributed by atoms with Crippen molar-refractivity contribution in [3.05, 3.63) is 63.7 Å². The van der Waals surface area contributed by atoms with Crippen molar-refractivity contribution in [2.75, 3.05) is 33.8 Å². The largest absolute Gasteiger partial charge is 0.497 e. The predicted octanol–water partition coefficient (Wildman–Crippen LogP) is 2.07. The Morgan fingerprint density at radius 3 is 2.72 bits per heavy atom. The molecule has 0 radical (unpaired) electrons. The lowest BCUT2D eigenvalue weighted by atomic mass is 9.89. The van der Waals surface area contributed by atoms with Crippen molar-refractivity contribution in [2.45, 2.75) is 19.5 Å². The van der Waals surface area contributed by atoms with Gasteiger partial charge in [-0.15, -0.1) is 0 Å². The quantitative estimate of drug-likeness (QED) is 0.735. The lowest BCUT2D eigenvalue weighted by Crippen LogP contribution is -2.29. The van der Waals surface area contributed by atoms with Crippen molar-refractivity contribution in [3.63, 3.8) is 0 Å². The Bertz CT molecular complexity index is 1090.